The van der Waals surface area contributed by atoms with Crippen LogP contribution in [0.5, 0.6) is 5.75 Å². The molecule has 0 heterocycles. The van der Waals surface area contributed by atoms with Crippen LogP contribution < -0.4 is 4.74 Å². The molecule has 1 saturated carbocycles. The molecule has 0 saturated heterocycles. The zero-order chi connectivity index (χ0) is 11.8. The highest BCUT2D eigenvalue weighted by molar-refractivity contribution is 5.34. The van der Waals surface area contributed by atoms with Crippen LogP contribution in [0.2, 0.25) is 0 Å². The smallest absolute Gasteiger partial charge is 0.119 e. The molecule has 0 amide bonds. The zero-order valence-electron chi connectivity index (χ0n) is 10.3. The summed E-state index contributed by atoms with van der Waals surface area (Å²) in [6.45, 7) is 6.67. The summed E-state index contributed by atoms with van der Waals surface area (Å²) in [6.07, 6.45) is 2.19. The third kappa shape index (κ3) is 1.82. The molecule has 2 rings (SSSR count). The molecule has 0 radical (unpaired) electrons. The molecule has 1 atom stereocenters. The van der Waals surface area contributed by atoms with Gasteiger partial charge in [0.15, 0.2) is 0 Å². The highest BCUT2D eigenvalue weighted by Crippen LogP contribution is 2.57. The Bertz CT molecular complexity index is 378. The second kappa shape index (κ2) is 3.77. The quantitative estimate of drug-likeness (QED) is 0.845. The van der Waals surface area contributed by atoms with Crippen LogP contribution in [0, 0.1) is 5.41 Å². The predicted molar refractivity (Wildman–Crippen MR) is 64.5 cm³/mol. The minimum atomic E-state index is -0.750. The molecule has 2 nitrogen and oxygen atoms in total. The summed E-state index contributed by atoms with van der Waals surface area (Å²) in [7, 11) is 0. The Morgan fingerprint density at radius 1 is 1.44 bits per heavy atom. The van der Waals surface area contributed by atoms with Gasteiger partial charge in [-0.05, 0) is 44.4 Å². The van der Waals surface area contributed by atoms with E-state index < -0.39 is 5.60 Å². The maximum atomic E-state index is 10.6. The van der Waals surface area contributed by atoms with Gasteiger partial charge in [-0.15, -0.1) is 0 Å². The van der Waals surface area contributed by atoms with Crippen LogP contribution in [-0.2, 0) is 5.60 Å². The largest absolute Gasteiger partial charge is 0.494 e. The van der Waals surface area contributed by atoms with Crippen molar-refractivity contribution >= 4 is 0 Å². The first-order chi connectivity index (χ1) is 7.49. The third-order valence-electron chi connectivity index (χ3n) is 3.88. The fourth-order valence-corrected chi connectivity index (χ4v) is 2.08. The molecular formula is C14H20O2. The van der Waals surface area contributed by atoms with Crippen LogP contribution in [0.3, 0.4) is 0 Å². The lowest BCUT2D eigenvalue weighted by molar-refractivity contribution is -0.0128. The van der Waals surface area contributed by atoms with E-state index in [1.807, 2.05) is 38.1 Å². The van der Waals surface area contributed by atoms with Gasteiger partial charge in [0, 0.05) is 5.41 Å². The van der Waals surface area contributed by atoms with Gasteiger partial charge >= 0.3 is 0 Å². The van der Waals surface area contributed by atoms with Gasteiger partial charge in [0.1, 0.15) is 5.75 Å². The molecule has 1 aromatic carbocycles. The van der Waals surface area contributed by atoms with Crippen LogP contribution in [0.4, 0.5) is 0 Å². The molecule has 88 valence electrons. The van der Waals surface area contributed by atoms with Gasteiger partial charge in [-0.2, -0.15) is 0 Å². The molecule has 0 spiro atoms. The van der Waals surface area contributed by atoms with Gasteiger partial charge in [0.05, 0.1) is 12.2 Å². The minimum Gasteiger partial charge on any atom is -0.494 e. The van der Waals surface area contributed by atoms with Crippen molar-refractivity contribution in [2.24, 2.45) is 5.41 Å². The van der Waals surface area contributed by atoms with Crippen molar-refractivity contribution in [1.82, 2.24) is 0 Å². The standard InChI is InChI=1S/C14H20O2/c1-4-16-12-7-5-6-11(10-12)14(3,15)13(2)8-9-13/h5-7,10,15H,4,8-9H2,1-3H3. The van der Waals surface area contributed by atoms with Crippen LogP contribution in [0.15, 0.2) is 24.3 Å². The van der Waals surface area contributed by atoms with Crippen LogP contribution in [0.1, 0.15) is 39.2 Å². The van der Waals surface area contributed by atoms with Gasteiger partial charge in [-0.3, -0.25) is 0 Å². The Hall–Kier alpha value is -1.02. The van der Waals surface area contributed by atoms with E-state index in [1.54, 1.807) is 0 Å². The fraction of sp³-hybridized carbons (Fsp3) is 0.571. The average Bonchev–Trinajstić information content (AvgIpc) is 2.99. The number of benzene rings is 1. The van der Waals surface area contributed by atoms with Crippen molar-refractivity contribution in [3.8, 4) is 5.75 Å². The molecule has 1 N–H and O–H groups in total. The second-order valence-electron chi connectivity index (χ2n) is 5.09. The van der Waals surface area contributed by atoms with E-state index in [9.17, 15) is 5.11 Å². The molecule has 0 aliphatic heterocycles. The molecule has 1 aromatic rings. The first kappa shape index (κ1) is 11.5. The highest BCUT2D eigenvalue weighted by Gasteiger charge is 2.53. The van der Waals surface area contributed by atoms with Gasteiger partial charge in [0.25, 0.3) is 0 Å². The topological polar surface area (TPSA) is 29.5 Å². The monoisotopic (exact) mass is 220 g/mol. The fourth-order valence-electron chi connectivity index (χ4n) is 2.08. The van der Waals surface area contributed by atoms with Gasteiger partial charge < -0.3 is 9.84 Å². The van der Waals surface area contributed by atoms with Crippen LogP contribution in [0.25, 0.3) is 0 Å². The first-order valence-electron chi connectivity index (χ1n) is 5.95. The van der Waals surface area contributed by atoms with Crippen molar-refractivity contribution in [2.45, 2.75) is 39.2 Å². The van der Waals surface area contributed by atoms with Crippen molar-refractivity contribution in [1.29, 1.82) is 0 Å². The summed E-state index contributed by atoms with van der Waals surface area (Å²) in [6, 6.07) is 7.80. The molecular weight excluding hydrogens is 200 g/mol. The molecule has 1 fully saturated rings. The van der Waals surface area contributed by atoms with E-state index in [-0.39, 0.29) is 5.41 Å². The van der Waals surface area contributed by atoms with E-state index in [2.05, 4.69) is 6.92 Å². The van der Waals surface area contributed by atoms with E-state index in [4.69, 9.17) is 4.74 Å². The van der Waals surface area contributed by atoms with E-state index in [0.717, 1.165) is 24.2 Å². The molecule has 2 heteroatoms. The summed E-state index contributed by atoms with van der Waals surface area (Å²) in [4.78, 5) is 0. The number of hydrogen-bond acceptors (Lipinski definition) is 2. The van der Waals surface area contributed by atoms with Crippen molar-refractivity contribution < 1.29 is 9.84 Å². The molecule has 1 aliphatic rings. The second-order valence-corrected chi connectivity index (χ2v) is 5.09. The van der Waals surface area contributed by atoms with Gasteiger partial charge in [-0.1, -0.05) is 19.1 Å². The summed E-state index contributed by atoms with van der Waals surface area (Å²) in [5.74, 6) is 0.838. The summed E-state index contributed by atoms with van der Waals surface area (Å²) >= 11 is 0. The summed E-state index contributed by atoms with van der Waals surface area (Å²) in [5.41, 5.74) is 0.247. The van der Waals surface area contributed by atoms with E-state index >= 15 is 0 Å². The molecule has 16 heavy (non-hydrogen) atoms. The lowest BCUT2D eigenvalue weighted by atomic mass is 9.81. The Morgan fingerprint density at radius 3 is 2.69 bits per heavy atom. The number of aliphatic hydroxyl groups is 1. The highest BCUT2D eigenvalue weighted by atomic mass is 16.5. The Morgan fingerprint density at radius 2 is 2.12 bits per heavy atom. The molecule has 0 bridgehead atoms. The maximum Gasteiger partial charge on any atom is 0.119 e. The zero-order valence-corrected chi connectivity index (χ0v) is 10.3. The Labute approximate surface area is 97.3 Å². The van der Waals surface area contributed by atoms with Crippen LogP contribution >= 0.6 is 0 Å². The Kier molecular flexibility index (Phi) is 2.70. The van der Waals surface area contributed by atoms with Gasteiger partial charge in [-0.25, -0.2) is 0 Å². The predicted octanol–water partition coefficient (Wildman–Crippen LogP) is 3.09. The van der Waals surface area contributed by atoms with Crippen molar-refractivity contribution in [3.05, 3.63) is 29.8 Å². The first-order valence-corrected chi connectivity index (χ1v) is 5.95. The number of rotatable bonds is 4. The molecule has 0 aromatic heterocycles. The van der Waals surface area contributed by atoms with E-state index in [1.165, 1.54) is 0 Å². The molecule has 1 aliphatic carbocycles. The van der Waals surface area contributed by atoms with Crippen LogP contribution in [-0.4, -0.2) is 11.7 Å². The SMILES string of the molecule is CCOc1cccc(C(C)(O)C2(C)CC2)c1. The Balaban J connectivity index is 2.29. The lowest BCUT2D eigenvalue weighted by Gasteiger charge is -2.31. The maximum absolute atomic E-state index is 10.6. The number of hydrogen-bond donors (Lipinski definition) is 1. The molecule has 1 unspecified atom stereocenters. The van der Waals surface area contributed by atoms with Gasteiger partial charge in [0.2, 0.25) is 0 Å². The number of ether oxygens (including phenoxy) is 1. The minimum absolute atomic E-state index is 0.0395. The third-order valence-corrected chi connectivity index (χ3v) is 3.88. The summed E-state index contributed by atoms with van der Waals surface area (Å²) in [5, 5.41) is 10.6. The summed E-state index contributed by atoms with van der Waals surface area (Å²) < 4.78 is 5.46. The lowest BCUT2D eigenvalue weighted by Crippen LogP contribution is -2.31. The van der Waals surface area contributed by atoms with Crippen molar-refractivity contribution in [3.63, 3.8) is 0 Å². The average molecular weight is 220 g/mol. The normalized spacial score (nSPS) is 21.2. The van der Waals surface area contributed by atoms with E-state index in [0.29, 0.717) is 6.61 Å². The van der Waals surface area contributed by atoms with Crippen molar-refractivity contribution in [2.75, 3.05) is 6.61 Å².